The smallest absolute Gasteiger partial charge is 0.0713 e. The number of rotatable bonds is 4. The van der Waals surface area contributed by atoms with Gasteiger partial charge in [-0.1, -0.05) is 24.3 Å². The molecule has 1 heterocycles. The van der Waals surface area contributed by atoms with Gasteiger partial charge in [-0.15, -0.1) is 0 Å². The van der Waals surface area contributed by atoms with Gasteiger partial charge in [0.15, 0.2) is 0 Å². The van der Waals surface area contributed by atoms with Gasteiger partial charge in [0.2, 0.25) is 0 Å². The van der Waals surface area contributed by atoms with Gasteiger partial charge in [0, 0.05) is 32.8 Å². The highest BCUT2D eigenvalue weighted by Crippen LogP contribution is 2.12. The molecule has 0 bridgehead atoms. The van der Waals surface area contributed by atoms with Gasteiger partial charge in [-0.05, 0) is 11.1 Å². The molecule has 0 saturated carbocycles. The summed E-state index contributed by atoms with van der Waals surface area (Å²) in [7, 11) is 1.72. The largest absolute Gasteiger partial charge is 0.380 e. The summed E-state index contributed by atoms with van der Waals surface area (Å²) in [6, 6.07) is 8.96. The Morgan fingerprint density at radius 1 is 1.27 bits per heavy atom. The Balaban J connectivity index is 1.87. The molecule has 82 valence electrons. The second-order valence-electron chi connectivity index (χ2n) is 4.20. The highest BCUT2D eigenvalue weighted by atomic mass is 16.5. The van der Waals surface area contributed by atoms with Crippen LogP contribution in [-0.4, -0.2) is 31.1 Å². The van der Waals surface area contributed by atoms with Gasteiger partial charge in [0.05, 0.1) is 6.61 Å². The molecule has 0 radical (unpaired) electrons. The molecular formula is C12H18N2O. The van der Waals surface area contributed by atoms with E-state index in [0.29, 0.717) is 12.6 Å². The molecule has 1 saturated heterocycles. The molecule has 0 aromatic heterocycles. The quantitative estimate of drug-likeness (QED) is 0.798. The molecule has 3 heteroatoms. The standard InChI is InChI=1S/C12H18N2O/c1-15-9-11-4-2-10(3-5-11)6-14-7-12(13)8-14/h2-5,12H,6-9,13H2,1H3. The molecule has 0 amide bonds. The number of likely N-dealkylation sites (tertiary alicyclic amines) is 1. The minimum atomic E-state index is 0.387. The zero-order valence-corrected chi connectivity index (χ0v) is 9.15. The lowest BCUT2D eigenvalue weighted by Gasteiger charge is -2.36. The summed E-state index contributed by atoms with van der Waals surface area (Å²) in [6.07, 6.45) is 0. The Hall–Kier alpha value is -0.900. The number of benzene rings is 1. The minimum Gasteiger partial charge on any atom is -0.380 e. The number of methoxy groups -OCH3 is 1. The van der Waals surface area contributed by atoms with E-state index in [2.05, 4.69) is 29.2 Å². The molecule has 1 aliphatic rings. The Morgan fingerprint density at radius 2 is 1.87 bits per heavy atom. The Labute approximate surface area is 90.8 Å². The zero-order chi connectivity index (χ0) is 10.7. The van der Waals surface area contributed by atoms with Crippen molar-refractivity contribution < 1.29 is 4.74 Å². The first-order valence-corrected chi connectivity index (χ1v) is 5.32. The van der Waals surface area contributed by atoms with E-state index < -0.39 is 0 Å². The first-order valence-electron chi connectivity index (χ1n) is 5.32. The van der Waals surface area contributed by atoms with E-state index in [4.69, 9.17) is 10.5 Å². The predicted molar refractivity (Wildman–Crippen MR) is 60.4 cm³/mol. The Kier molecular flexibility index (Phi) is 3.36. The van der Waals surface area contributed by atoms with Crippen LogP contribution in [-0.2, 0) is 17.9 Å². The number of hydrogen-bond acceptors (Lipinski definition) is 3. The van der Waals surface area contributed by atoms with E-state index in [9.17, 15) is 0 Å². The van der Waals surface area contributed by atoms with Gasteiger partial charge in [0.1, 0.15) is 0 Å². The normalized spacial score (nSPS) is 17.7. The van der Waals surface area contributed by atoms with Gasteiger partial charge < -0.3 is 10.5 Å². The molecular weight excluding hydrogens is 188 g/mol. The van der Waals surface area contributed by atoms with Gasteiger partial charge in [-0.25, -0.2) is 0 Å². The van der Waals surface area contributed by atoms with Crippen LogP contribution >= 0.6 is 0 Å². The number of ether oxygens (including phenoxy) is 1. The number of nitrogens with zero attached hydrogens (tertiary/aromatic N) is 1. The van der Waals surface area contributed by atoms with E-state index in [1.807, 2.05) is 0 Å². The van der Waals surface area contributed by atoms with Crippen LogP contribution in [0.5, 0.6) is 0 Å². The molecule has 1 fully saturated rings. The SMILES string of the molecule is COCc1ccc(CN2CC(N)C2)cc1. The third-order valence-electron chi connectivity index (χ3n) is 2.73. The van der Waals surface area contributed by atoms with Crippen LogP contribution in [0.1, 0.15) is 11.1 Å². The van der Waals surface area contributed by atoms with Crippen molar-refractivity contribution in [2.75, 3.05) is 20.2 Å². The second-order valence-corrected chi connectivity index (χ2v) is 4.20. The van der Waals surface area contributed by atoms with Crippen LogP contribution in [0.2, 0.25) is 0 Å². The van der Waals surface area contributed by atoms with E-state index in [-0.39, 0.29) is 0 Å². The molecule has 0 atom stereocenters. The maximum atomic E-state index is 5.73. The van der Waals surface area contributed by atoms with Gasteiger partial charge in [0.25, 0.3) is 0 Å². The van der Waals surface area contributed by atoms with Gasteiger partial charge in [-0.3, -0.25) is 4.90 Å². The van der Waals surface area contributed by atoms with Crippen LogP contribution in [0.25, 0.3) is 0 Å². The summed E-state index contributed by atoms with van der Waals surface area (Å²) in [5.74, 6) is 0. The van der Waals surface area contributed by atoms with Crippen LogP contribution < -0.4 is 5.73 Å². The second kappa shape index (κ2) is 4.75. The van der Waals surface area contributed by atoms with Crippen molar-refractivity contribution in [2.45, 2.75) is 19.2 Å². The Morgan fingerprint density at radius 3 is 2.40 bits per heavy atom. The van der Waals surface area contributed by atoms with Crippen molar-refractivity contribution in [2.24, 2.45) is 5.73 Å². The first-order chi connectivity index (χ1) is 7.28. The van der Waals surface area contributed by atoms with Crippen LogP contribution in [0.3, 0.4) is 0 Å². The van der Waals surface area contributed by atoms with Crippen molar-refractivity contribution in [3.63, 3.8) is 0 Å². The average Bonchev–Trinajstić information content (AvgIpc) is 2.19. The van der Waals surface area contributed by atoms with Crippen LogP contribution in [0, 0.1) is 0 Å². The van der Waals surface area contributed by atoms with Crippen molar-refractivity contribution >= 4 is 0 Å². The number of hydrogen-bond donors (Lipinski definition) is 1. The fourth-order valence-electron chi connectivity index (χ4n) is 1.90. The summed E-state index contributed by atoms with van der Waals surface area (Å²) in [5, 5.41) is 0. The van der Waals surface area contributed by atoms with Crippen molar-refractivity contribution in [3.05, 3.63) is 35.4 Å². The fourth-order valence-corrected chi connectivity index (χ4v) is 1.90. The van der Waals surface area contributed by atoms with Gasteiger partial charge >= 0.3 is 0 Å². The van der Waals surface area contributed by atoms with E-state index in [1.54, 1.807) is 7.11 Å². The number of nitrogens with two attached hydrogens (primary N) is 1. The lowest BCUT2D eigenvalue weighted by Crippen LogP contribution is -2.54. The lowest BCUT2D eigenvalue weighted by atomic mass is 10.1. The van der Waals surface area contributed by atoms with E-state index in [1.165, 1.54) is 11.1 Å². The molecule has 1 aromatic rings. The van der Waals surface area contributed by atoms with E-state index in [0.717, 1.165) is 19.6 Å². The summed E-state index contributed by atoms with van der Waals surface area (Å²) in [6.45, 7) is 3.76. The highest BCUT2D eigenvalue weighted by Gasteiger charge is 2.22. The van der Waals surface area contributed by atoms with Crippen LogP contribution in [0.4, 0.5) is 0 Å². The predicted octanol–water partition coefficient (Wildman–Crippen LogP) is 0.976. The topological polar surface area (TPSA) is 38.5 Å². The zero-order valence-electron chi connectivity index (χ0n) is 9.15. The molecule has 1 aliphatic heterocycles. The van der Waals surface area contributed by atoms with Crippen molar-refractivity contribution in [3.8, 4) is 0 Å². The third-order valence-corrected chi connectivity index (χ3v) is 2.73. The molecule has 1 aromatic carbocycles. The maximum absolute atomic E-state index is 5.73. The maximum Gasteiger partial charge on any atom is 0.0713 e. The van der Waals surface area contributed by atoms with Crippen molar-refractivity contribution in [1.29, 1.82) is 0 Å². The average molecular weight is 206 g/mol. The minimum absolute atomic E-state index is 0.387. The molecule has 2 N–H and O–H groups in total. The summed E-state index contributed by atoms with van der Waals surface area (Å²) < 4.78 is 5.07. The lowest BCUT2D eigenvalue weighted by molar-refractivity contribution is 0.142. The van der Waals surface area contributed by atoms with E-state index >= 15 is 0 Å². The summed E-state index contributed by atoms with van der Waals surface area (Å²) in [4.78, 5) is 2.36. The highest BCUT2D eigenvalue weighted by molar-refractivity contribution is 5.22. The molecule has 3 nitrogen and oxygen atoms in total. The van der Waals surface area contributed by atoms with Gasteiger partial charge in [-0.2, -0.15) is 0 Å². The molecule has 15 heavy (non-hydrogen) atoms. The molecule has 0 aliphatic carbocycles. The Bertz CT molecular complexity index is 304. The fraction of sp³-hybridized carbons (Fsp3) is 0.500. The van der Waals surface area contributed by atoms with Crippen LogP contribution in [0.15, 0.2) is 24.3 Å². The third kappa shape index (κ3) is 2.78. The molecule has 2 rings (SSSR count). The first kappa shape index (κ1) is 10.6. The molecule has 0 unspecified atom stereocenters. The summed E-state index contributed by atoms with van der Waals surface area (Å²) >= 11 is 0. The van der Waals surface area contributed by atoms with Crippen molar-refractivity contribution in [1.82, 2.24) is 4.90 Å². The monoisotopic (exact) mass is 206 g/mol. The summed E-state index contributed by atoms with van der Waals surface area (Å²) in [5.41, 5.74) is 8.30. The molecule has 0 spiro atoms.